The summed E-state index contributed by atoms with van der Waals surface area (Å²) in [5, 5.41) is 4.04. The molecular weight excluding hydrogens is 544 g/mol. The second kappa shape index (κ2) is 14.0. The highest BCUT2D eigenvalue weighted by Crippen LogP contribution is 2.26. The molecule has 43 heavy (non-hydrogen) atoms. The van der Waals surface area contributed by atoms with Crippen LogP contribution < -0.4 is 19.6 Å². The number of benzene rings is 5. The number of ether oxygens (including phenoxy) is 3. The fourth-order valence-corrected chi connectivity index (χ4v) is 3.91. The third kappa shape index (κ3) is 8.02. The van der Waals surface area contributed by atoms with E-state index in [1.807, 2.05) is 30.3 Å². The molecule has 1 amide bonds. The van der Waals surface area contributed by atoms with Gasteiger partial charge in [-0.1, -0.05) is 66.7 Å². The Morgan fingerprint density at radius 3 is 1.79 bits per heavy atom. The molecule has 8 nitrogen and oxygen atoms in total. The van der Waals surface area contributed by atoms with Gasteiger partial charge in [-0.25, -0.2) is 15.0 Å². The largest absolute Gasteiger partial charge is 0.489 e. The van der Waals surface area contributed by atoms with Crippen molar-refractivity contribution in [3.8, 4) is 17.2 Å². The highest BCUT2D eigenvalue weighted by molar-refractivity contribution is 5.96. The summed E-state index contributed by atoms with van der Waals surface area (Å²) in [6, 6.07) is 37.9. The number of carbonyl (C=O) groups is 3. The number of rotatable bonds is 10. The second-order valence-electron chi connectivity index (χ2n) is 9.21. The van der Waals surface area contributed by atoms with Crippen LogP contribution in [0, 0.1) is 0 Å². The molecule has 0 atom stereocenters. The van der Waals surface area contributed by atoms with Crippen LogP contribution in [0.25, 0.3) is 0 Å². The smallest absolute Gasteiger partial charge is 0.343 e. The Labute approximate surface area is 248 Å². The lowest BCUT2D eigenvalue weighted by Gasteiger charge is -2.11. The summed E-state index contributed by atoms with van der Waals surface area (Å²) in [6.45, 7) is 0.415. The van der Waals surface area contributed by atoms with E-state index in [1.165, 1.54) is 18.3 Å². The molecule has 0 radical (unpaired) electrons. The monoisotopic (exact) mass is 570 g/mol. The molecule has 0 heterocycles. The van der Waals surface area contributed by atoms with Crippen LogP contribution in [0.4, 0.5) is 0 Å². The first-order valence-electron chi connectivity index (χ1n) is 13.3. The lowest BCUT2D eigenvalue weighted by molar-refractivity contribution is 0.0732. The average Bonchev–Trinajstić information content (AvgIpc) is 3.06. The quantitative estimate of drug-likeness (QED) is 0.0894. The molecule has 5 rings (SSSR count). The molecule has 0 saturated carbocycles. The first-order valence-corrected chi connectivity index (χ1v) is 13.3. The van der Waals surface area contributed by atoms with Gasteiger partial charge in [0.2, 0.25) is 0 Å². The molecule has 0 saturated heterocycles. The Balaban J connectivity index is 1.27. The SMILES string of the molecule is O=C(N/N=C/c1ccc(OC(=O)c2ccccc2)cc1OC(=O)c1ccccc1)c1ccc(OCc2ccccc2)cc1. The Kier molecular flexibility index (Phi) is 9.31. The topological polar surface area (TPSA) is 103 Å². The molecule has 0 bridgehead atoms. The minimum atomic E-state index is -0.611. The van der Waals surface area contributed by atoms with Crippen molar-refractivity contribution < 1.29 is 28.6 Å². The zero-order valence-corrected chi connectivity index (χ0v) is 22.9. The molecule has 0 unspecified atom stereocenters. The van der Waals surface area contributed by atoms with E-state index >= 15 is 0 Å². The van der Waals surface area contributed by atoms with Crippen LogP contribution >= 0.6 is 0 Å². The summed E-state index contributed by atoms with van der Waals surface area (Å²) in [6.07, 6.45) is 1.34. The van der Waals surface area contributed by atoms with Crippen LogP contribution in [0.2, 0.25) is 0 Å². The Hall–Kier alpha value is -6.02. The standard InChI is InChI=1S/C35H26N2O6/c38-33(26-16-19-30(20-17-26)41-24-25-10-4-1-5-11-25)37-36-23-29-18-21-31(42-34(39)27-12-6-2-7-13-27)22-32(29)43-35(40)28-14-8-3-9-15-28/h1-23H,24H2,(H,37,38)/b36-23+. The fraction of sp³-hybridized carbons (Fsp3) is 0.0286. The van der Waals surface area contributed by atoms with E-state index in [1.54, 1.807) is 91.0 Å². The van der Waals surface area contributed by atoms with Gasteiger partial charge in [0.25, 0.3) is 5.91 Å². The minimum Gasteiger partial charge on any atom is -0.489 e. The van der Waals surface area contributed by atoms with Crippen molar-refractivity contribution in [1.82, 2.24) is 5.43 Å². The lowest BCUT2D eigenvalue weighted by Crippen LogP contribution is -2.17. The van der Waals surface area contributed by atoms with Gasteiger partial charge in [-0.3, -0.25) is 4.79 Å². The highest BCUT2D eigenvalue weighted by atomic mass is 16.5. The van der Waals surface area contributed by atoms with Crippen molar-refractivity contribution in [2.75, 3.05) is 0 Å². The van der Waals surface area contributed by atoms with Crippen LogP contribution in [0.1, 0.15) is 42.2 Å². The summed E-state index contributed by atoms with van der Waals surface area (Å²) in [5.41, 5.74) is 4.96. The van der Waals surface area contributed by atoms with Gasteiger partial charge in [0.05, 0.1) is 17.3 Å². The number of hydrogen-bond donors (Lipinski definition) is 1. The van der Waals surface area contributed by atoms with Crippen LogP contribution in [0.3, 0.4) is 0 Å². The summed E-state index contributed by atoms with van der Waals surface area (Å²) in [5.74, 6) is -0.735. The Morgan fingerprint density at radius 1 is 0.605 bits per heavy atom. The predicted molar refractivity (Wildman–Crippen MR) is 162 cm³/mol. The maximum Gasteiger partial charge on any atom is 0.343 e. The molecular formula is C35H26N2O6. The third-order valence-electron chi connectivity index (χ3n) is 6.15. The van der Waals surface area contributed by atoms with Crippen LogP contribution in [0.15, 0.2) is 139 Å². The summed E-state index contributed by atoms with van der Waals surface area (Å²) in [4.78, 5) is 38.0. The molecule has 0 aliphatic heterocycles. The molecule has 0 aliphatic carbocycles. The van der Waals surface area contributed by atoms with Crippen LogP contribution in [-0.4, -0.2) is 24.1 Å². The average molecular weight is 571 g/mol. The normalized spacial score (nSPS) is 10.6. The summed E-state index contributed by atoms with van der Waals surface area (Å²) in [7, 11) is 0. The van der Waals surface area contributed by atoms with Crippen molar-refractivity contribution in [1.29, 1.82) is 0 Å². The van der Waals surface area contributed by atoms with Gasteiger partial charge in [0.1, 0.15) is 23.9 Å². The lowest BCUT2D eigenvalue weighted by atomic mass is 10.2. The van der Waals surface area contributed by atoms with Gasteiger partial charge in [0, 0.05) is 17.2 Å². The first kappa shape index (κ1) is 28.5. The number of hydrazone groups is 1. The van der Waals surface area contributed by atoms with Gasteiger partial charge >= 0.3 is 11.9 Å². The van der Waals surface area contributed by atoms with Gasteiger partial charge in [0.15, 0.2) is 0 Å². The fourth-order valence-electron chi connectivity index (χ4n) is 3.91. The molecule has 212 valence electrons. The number of nitrogens with zero attached hydrogens (tertiary/aromatic N) is 1. The predicted octanol–water partition coefficient (Wildman–Crippen LogP) is 6.47. The molecule has 0 aromatic heterocycles. The van der Waals surface area contributed by atoms with Crippen molar-refractivity contribution in [2.45, 2.75) is 6.61 Å². The second-order valence-corrected chi connectivity index (χ2v) is 9.21. The Morgan fingerprint density at radius 2 is 1.16 bits per heavy atom. The number of esters is 2. The maximum atomic E-state index is 12.8. The molecule has 5 aromatic carbocycles. The summed E-state index contributed by atoms with van der Waals surface area (Å²) >= 11 is 0. The van der Waals surface area contributed by atoms with E-state index in [0.717, 1.165) is 5.56 Å². The minimum absolute atomic E-state index is 0.0881. The van der Waals surface area contributed by atoms with Gasteiger partial charge in [-0.15, -0.1) is 0 Å². The van der Waals surface area contributed by atoms with Crippen molar-refractivity contribution in [3.05, 3.63) is 161 Å². The Bertz CT molecular complexity index is 1720. The molecule has 1 N–H and O–H groups in total. The molecule has 0 aliphatic rings. The number of nitrogens with one attached hydrogen (secondary N) is 1. The molecule has 0 spiro atoms. The number of hydrogen-bond acceptors (Lipinski definition) is 7. The zero-order valence-electron chi connectivity index (χ0n) is 22.9. The van der Waals surface area contributed by atoms with Crippen molar-refractivity contribution in [2.24, 2.45) is 5.10 Å². The van der Waals surface area contributed by atoms with E-state index in [-0.39, 0.29) is 11.5 Å². The maximum absolute atomic E-state index is 12.8. The number of amides is 1. The van der Waals surface area contributed by atoms with E-state index in [2.05, 4.69) is 10.5 Å². The summed E-state index contributed by atoms with van der Waals surface area (Å²) < 4.78 is 16.9. The van der Waals surface area contributed by atoms with E-state index in [4.69, 9.17) is 14.2 Å². The van der Waals surface area contributed by atoms with Crippen molar-refractivity contribution >= 4 is 24.1 Å². The van der Waals surface area contributed by atoms with E-state index in [9.17, 15) is 14.4 Å². The van der Waals surface area contributed by atoms with Gasteiger partial charge in [-0.05, 0) is 66.2 Å². The van der Waals surface area contributed by atoms with E-state index < -0.39 is 17.8 Å². The van der Waals surface area contributed by atoms with Crippen LogP contribution in [-0.2, 0) is 6.61 Å². The van der Waals surface area contributed by atoms with Gasteiger partial charge < -0.3 is 14.2 Å². The first-order chi connectivity index (χ1) is 21.0. The molecule has 0 fully saturated rings. The van der Waals surface area contributed by atoms with Crippen molar-refractivity contribution in [3.63, 3.8) is 0 Å². The van der Waals surface area contributed by atoms with Crippen LogP contribution in [0.5, 0.6) is 17.2 Å². The molecule has 5 aromatic rings. The third-order valence-corrected chi connectivity index (χ3v) is 6.15. The highest BCUT2D eigenvalue weighted by Gasteiger charge is 2.15. The molecule has 8 heteroatoms. The van der Waals surface area contributed by atoms with E-state index in [0.29, 0.717) is 34.6 Å². The number of carbonyl (C=O) groups excluding carboxylic acids is 3. The van der Waals surface area contributed by atoms with Gasteiger partial charge in [-0.2, -0.15) is 5.10 Å². The zero-order chi connectivity index (χ0) is 29.9.